The van der Waals surface area contributed by atoms with Gasteiger partial charge in [0.2, 0.25) is 11.8 Å². The lowest BCUT2D eigenvalue weighted by Gasteiger charge is -2.24. The number of benzene rings is 2. The molecule has 1 atom stereocenters. The lowest BCUT2D eigenvalue weighted by Crippen LogP contribution is -2.21. The van der Waals surface area contributed by atoms with Crippen molar-refractivity contribution >= 4 is 0 Å². The van der Waals surface area contributed by atoms with E-state index in [1.807, 2.05) is 51.1 Å². The lowest BCUT2D eigenvalue weighted by atomic mass is 9.83. The third-order valence-corrected chi connectivity index (χ3v) is 5.36. The summed E-state index contributed by atoms with van der Waals surface area (Å²) in [6, 6.07) is 14.1. The highest BCUT2D eigenvalue weighted by atomic mass is 16.5. The molecule has 7 heteroatoms. The molecule has 4 rings (SSSR count). The van der Waals surface area contributed by atoms with E-state index in [-0.39, 0.29) is 5.88 Å². The number of hydrogen-bond acceptors (Lipinski definition) is 6. The minimum Gasteiger partial charge on any atom is -0.496 e. The topological polar surface area (TPSA) is 106 Å². The highest BCUT2D eigenvalue weighted by molar-refractivity contribution is 5.56. The first-order valence-electron chi connectivity index (χ1n) is 9.91. The molecule has 3 aromatic rings. The second-order valence-electron chi connectivity index (χ2n) is 7.68. The van der Waals surface area contributed by atoms with Crippen molar-refractivity contribution in [1.82, 2.24) is 10.2 Å². The van der Waals surface area contributed by atoms with Gasteiger partial charge in [-0.1, -0.05) is 12.1 Å². The summed E-state index contributed by atoms with van der Waals surface area (Å²) in [4.78, 5) is 0. The third-order valence-electron chi connectivity index (χ3n) is 5.36. The summed E-state index contributed by atoms with van der Waals surface area (Å²) < 4.78 is 17.2. The summed E-state index contributed by atoms with van der Waals surface area (Å²) in [5, 5.41) is 16.9. The maximum absolute atomic E-state index is 9.77. The molecule has 0 spiro atoms. The van der Waals surface area contributed by atoms with Crippen LogP contribution in [0, 0.1) is 32.1 Å². The maximum Gasteiger partial charge on any atom is 0.244 e. The lowest BCUT2D eigenvalue weighted by molar-refractivity contribution is 0.296. The van der Waals surface area contributed by atoms with Crippen molar-refractivity contribution in [2.24, 2.45) is 5.73 Å². The molecule has 0 saturated heterocycles. The fourth-order valence-electron chi connectivity index (χ4n) is 4.00. The Morgan fingerprint density at radius 3 is 2.58 bits per heavy atom. The number of hydrogen-bond donors (Lipinski definition) is 2. The summed E-state index contributed by atoms with van der Waals surface area (Å²) in [6.45, 7) is 6.29. The average molecular weight is 416 g/mol. The van der Waals surface area contributed by atoms with Crippen molar-refractivity contribution in [3.63, 3.8) is 0 Å². The van der Waals surface area contributed by atoms with Gasteiger partial charge in [-0.05, 0) is 61.7 Å². The van der Waals surface area contributed by atoms with Gasteiger partial charge in [0.05, 0.1) is 13.0 Å². The predicted molar refractivity (Wildman–Crippen MR) is 116 cm³/mol. The van der Waals surface area contributed by atoms with Gasteiger partial charge >= 0.3 is 0 Å². The van der Waals surface area contributed by atoms with Crippen LogP contribution in [-0.2, 0) is 6.61 Å². The van der Waals surface area contributed by atoms with E-state index in [0.29, 0.717) is 23.8 Å². The number of nitrogens with two attached hydrogens (primary N) is 1. The first-order chi connectivity index (χ1) is 14.9. The molecule has 0 saturated carbocycles. The van der Waals surface area contributed by atoms with E-state index in [0.717, 1.165) is 39.3 Å². The minimum absolute atomic E-state index is 0.0651. The van der Waals surface area contributed by atoms with Crippen LogP contribution in [0.5, 0.6) is 17.4 Å². The molecule has 1 aliphatic rings. The standard InChI is InChI=1S/C24H24N4O3/c1-13-7-14(2)9-18(8-13)30-12-17-10-16(5-6-20(17)29-4)22-19(11-25)23(26)31-24-21(22)15(3)27-28-24/h5-10,22H,12,26H2,1-4H3,(H,27,28)/t22-/m0/s1. The Balaban J connectivity index is 1.73. The van der Waals surface area contributed by atoms with Gasteiger partial charge in [0.15, 0.2) is 0 Å². The number of rotatable bonds is 5. The summed E-state index contributed by atoms with van der Waals surface area (Å²) in [5.41, 5.74) is 12.0. The number of H-pyrrole nitrogens is 1. The fraction of sp³-hybridized carbons (Fsp3) is 0.250. The van der Waals surface area contributed by atoms with Crippen LogP contribution in [0.3, 0.4) is 0 Å². The van der Waals surface area contributed by atoms with E-state index in [2.05, 4.69) is 22.3 Å². The van der Waals surface area contributed by atoms with Crippen molar-refractivity contribution in [2.45, 2.75) is 33.3 Å². The molecular weight excluding hydrogens is 392 g/mol. The second-order valence-corrected chi connectivity index (χ2v) is 7.68. The Morgan fingerprint density at radius 1 is 1.16 bits per heavy atom. The highest BCUT2D eigenvalue weighted by Crippen LogP contribution is 2.43. The monoisotopic (exact) mass is 416 g/mol. The number of nitrogens with one attached hydrogen (secondary N) is 1. The van der Waals surface area contributed by atoms with Crippen LogP contribution in [0.1, 0.15) is 39.4 Å². The van der Waals surface area contributed by atoms with Crippen LogP contribution in [0.25, 0.3) is 0 Å². The van der Waals surface area contributed by atoms with Gasteiger partial charge in [0, 0.05) is 16.8 Å². The maximum atomic E-state index is 9.77. The Morgan fingerprint density at radius 2 is 1.90 bits per heavy atom. The van der Waals surface area contributed by atoms with E-state index in [9.17, 15) is 5.26 Å². The van der Waals surface area contributed by atoms with Crippen LogP contribution in [-0.4, -0.2) is 17.3 Å². The Hall–Kier alpha value is -3.92. The summed E-state index contributed by atoms with van der Waals surface area (Å²) in [7, 11) is 1.63. The largest absolute Gasteiger partial charge is 0.496 e. The molecule has 2 heterocycles. The molecule has 0 amide bonds. The SMILES string of the molecule is COc1ccc([C@H]2C(C#N)=C(N)Oc3n[nH]c(C)c32)cc1COc1cc(C)cc(C)c1. The van der Waals surface area contributed by atoms with Gasteiger partial charge < -0.3 is 19.9 Å². The molecule has 0 bridgehead atoms. The van der Waals surface area contributed by atoms with E-state index in [4.69, 9.17) is 19.9 Å². The van der Waals surface area contributed by atoms with Crippen LogP contribution in [0.4, 0.5) is 0 Å². The normalized spacial score (nSPS) is 15.1. The Labute approximate surface area is 181 Å². The molecule has 1 aliphatic heterocycles. The number of nitriles is 1. The Kier molecular flexibility index (Phi) is 5.30. The summed E-state index contributed by atoms with van der Waals surface area (Å²) in [5.74, 6) is 1.57. The van der Waals surface area contributed by atoms with E-state index in [1.165, 1.54) is 0 Å². The van der Waals surface area contributed by atoms with Crippen molar-refractivity contribution in [2.75, 3.05) is 7.11 Å². The molecule has 158 valence electrons. The fourth-order valence-corrected chi connectivity index (χ4v) is 4.00. The second kappa shape index (κ2) is 8.07. The van der Waals surface area contributed by atoms with Crippen molar-refractivity contribution in [3.05, 3.63) is 81.4 Å². The van der Waals surface area contributed by atoms with Gasteiger partial charge in [0.1, 0.15) is 29.7 Å². The minimum atomic E-state index is -0.390. The number of nitrogens with zero attached hydrogens (tertiary/aromatic N) is 2. The number of ether oxygens (including phenoxy) is 3. The van der Waals surface area contributed by atoms with Gasteiger partial charge in [-0.3, -0.25) is 5.10 Å². The van der Waals surface area contributed by atoms with E-state index < -0.39 is 5.92 Å². The first kappa shape index (κ1) is 20.4. The molecule has 0 unspecified atom stereocenters. The van der Waals surface area contributed by atoms with Gasteiger partial charge in [-0.15, -0.1) is 5.10 Å². The first-order valence-corrected chi connectivity index (χ1v) is 9.91. The van der Waals surface area contributed by atoms with E-state index in [1.54, 1.807) is 7.11 Å². The molecule has 3 N–H and O–H groups in total. The quantitative estimate of drug-likeness (QED) is 0.647. The zero-order chi connectivity index (χ0) is 22.1. The van der Waals surface area contributed by atoms with Crippen molar-refractivity contribution in [1.29, 1.82) is 5.26 Å². The number of aryl methyl sites for hydroxylation is 3. The van der Waals surface area contributed by atoms with E-state index >= 15 is 0 Å². The molecular formula is C24H24N4O3. The van der Waals surface area contributed by atoms with Crippen molar-refractivity contribution in [3.8, 4) is 23.4 Å². The van der Waals surface area contributed by atoms with Crippen LogP contribution < -0.4 is 19.9 Å². The predicted octanol–water partition coefficient (Wildman–Crippen LogP) is 4.14. The molecule has 7 nitrogen and oxygen atoms in total. The third kappa shape index (κ3) is 3.80. The number of aromatic nitrogens is 2. The zero-order valence-corrected chi connectivity index (χ0v) is 17.9. The Bertz CT molecular complexity index is 1200. The number of allylic oxidation sites excluding steroid dienone is 1. The van der Waals surface area contributed by atoms with Gasteiger partial charge in [-0.2, -0.15) is 5.26 Å². The van der Waals surface area contributed by atoms with Crippen molar-refractivity contribution < 1.29 is 14.2 Å². The number of methoxy groups -OCH3 is 1. The number of aromatic amines is 1. The van der Waals surface area contributed by atoms with Gasteiger partial charge in [0.25, 0.3) is 0 Å². The molecule has 1 aromatic heterocycles. The van der Waals surface area contributed by atoms with Crippen LogP contribution in [0.2, 0.25) is 0 Å². The molecule has 0 aliphatic carbocycles. The van der Waals surface area contributed by atoms with Gasteiger partial charge in [-0.25, -0.2) is 0 Å². The molecule has 0 radical (unpaired) electrons. The molecule has 31 heavy (non-hydrogen) atoms. The highest BCUT2D eigenvalue weighted by Gasteiger charge is 2.34. The summed E-state index contributed by atoms with van der Waals surface area (Å²) in [6.07, 6.45) is 0. The summed E-state index contributed by atoms with van der Waals surface area (Å²) >= 11 is 0. The average Bonchev–Trinajstić information content (AvgIpc) is 3.10. The number of fused-ring (bicyclic) bond motifs is 1. The smallest absolute Gasteiger partial charge is 0.244 e. The zero-order valence-electron chi connectivity index (χ0n) is 17.9. The molecule has 2 aromatic carbocycles. The van der Waals surface area contributed by atoms with Crippen LogP contribution >= 0.6 is 0 Å². The molecule has 0 fully saturated rings. The van der Waals surface area contributed by atoms with Crippen LogP contribution in [0.15, 0.2) is 47.9 Å².